The van der Waals surface area contributed by atoms with Crippen molar-refractivity contribution >= 4 is 11.3 Å². The van der Waals surface area contributed by atoms with E-state index in [1.165, 1.54) is 5.01 Å². The third kappa shape index (κ3) is 4.38. The Balaban J connectivity index is 1.88. The van der Waals surface area contributed by atoms with Crippen molar-refractivity contribution in [2.75, 3.05) is 6.54 Å². The van der Waals surface area contributed by atoms with Crippen molar-refractivity contribution in [1.29, 1.82) is 0 Å². The summed E-state index contributed by atoms with van der Waals surface area (Å²) < 4.78 is 1.85. The van der Waals surface area contributed by atoms with Gasteiger partial charge in [0.15, 0.2) is 0 Å². The standard InChI is InChI=1S/C14H23N5S/c1-10(2)5-15-6-12-7-19(18-17-12)8-13-9-20-14(16-13)11(3)4/h7,9-11,15H,5-6,8H2,1-4H3. The van der Waals surface area contributed by atoms with E-state index in [-0.39, 0.29) is 0 Å². The van der Waals surface area contributed by atoms with Gasteiger partial charge in [0.25, 0.3) is 0 Å². The van der Waals surface area contributed by atoms with E-state index >= 15 is 0 Å². The minimum Gasteiger partial charge on any atom is -0.311 e. The van der Waals surface area contributed by atoms with Crippen LogP contribution in [0.1, 0.15) is 50.0 Å². The molecule has 0 amide bonds. The zero-order valence-corrected chi connectivity index (χ0v) is 13.4. The minimum absolute atomic E-state index is 0.486. The molecule has 110 valence electrons. The second-order valence-corrected chi connectivity index (χ2v) is 6.65. The number of thiazole rings is 1. The Labute approximate surface area is 124 Å². The lowest BCUT2D eigenvalue weighted by molar-refractivity contribution is 0.548. The van der Waals surface area contributed by atoms with Crippen LogP contribution in [0.25, 0.3) is 0 Å². The van der Waals surface area contributed by atoms with E-state index < -0.39 is 0 Å². The molecule has 0 fully saturated rings. The van der Waals surface area contributed by atoms with Crippen LogP contribution in [0.5, 0.6) is 0 Å². The molecule has 2 heterocycles. The van der Waals surface area contributed by atoms with Crippen LogP contribution in [0.3, 0.4) is 0 Å². The molecule has 0 unspecified atom stereocenters. The van der Waals surface area contributed by atoms with Crippen molar-refractivity contribution in [1.82, 2.24) is 25.3 Å². The lowest BCUT2D eigenvalue weighted by Gasteiger charge is -2.04. The van der Waals surface area contributed by atoms with Crippen molar-refractivity contribution in [3.05, 3.63) is 28.0 Å². The number of rotatable bonds is 7. The molecule has 2 aromatic rings. The zero-order valence-electron chi connectivity index (χ0n) is 12.6. The van der Waals surface area contributed by atoms with Crippen molar-refractivity contribution in [3.8, 4) is 0 Å². The van der Waals surface area contributed by atoms with Crippen LogP contribution in [0.4, 0.5) is 0 Å². The highest BCUT2D eigenvalue weighted by atomic mass is 32.1. The quantitative estimate of drug-likeness (QED) is 0.852. The summed E-state index contributed by atoms with van der Waals surface area (Å²) in [7, 11) is 0. The second-order valence-electron chi connectivity index (χ2n) is 5.76. The van der Waals surface area contributed by atoms with E-state index in [0.717, 1.165) is 24.5 Å². The Morgan fingerprint density at radius 2 is 2.05 bits per heavy atom. The molecule has 2 aromatic heterocycles. The Morgan fingerprint density at radius 3 is 2.70 bits per heavy atom. The van der Waals surface area contributed by atoms with E-state index in [1.807, 2.05) is 10.9 Å². The molecule has 20 heavy (non-hydrogen) atoms. The predicted molar refractivity (Wildman–Crippen MR) is 81.9 cm³/mol. The SMILES string of the molecule is CC(C)CNCc1cn(Cc2csc(C(C)C)n2)nn1. The average Bonchev–Trinajstić information content (AvgIpc) is 2.99. The molecule has 0 saturated heterocycles. The van der Waals surface area contributed by atoms with Gasteiger partial charge in [-0.25, -0.2) is 9.67 Å². The van der Waals surface area contributed by atoms with Crippen LogP contribution in [0, 0.1) is 5.92 Å². The van der Waals surface area contributed by atoms with Crippen molar-refractivity contribution in [2.24, 2.45) is 5.92 Å². The minimum atomic E-state index is 0.486. The van der Waals surface area contributed by atoms with E-state index in [0.29, 0.717) is 18.4 Å². The molecule has 0 aliphatic rings. The van der Waals surface area contributed by atoms with E-state index in [2.05, 4.69) is 53.7 Å². The van der Waals surface area contributed by atoms with Gasteiger partial charge in [-0.15, -0.1) is 16.4 Å². The highest BCUT2D eigenvalue weighted by molar-refractivity contribution is 7.09. The molecule has 0 spiro atoms. The Hall–Kier alpha value is -1.27. The molecule has 0 radical (unpaired) electrons. The maximum Gasteiger partial charge on any atom is 0.0964 e. The summed E-state index contributed by atoms with van der Waals surface area (Å²) >= 11 is 1.72. The van der Waals surface area contributed by atoms with Crippen molar-refractivity contribution in [2.45, 2.75) is 46.7 Å². The third-order valence-corrected chi connectivity index (χ3v) is 4.03. The fourth-order valence-corrected chi connectivity index (χ4v) is 2.64. The number of hydrogen-bond donors (Lipinski definition) is 1. The Bertz CT molecular complexity index is 529. The molecule has 1 N–H and O–H groups in total. The van der Waals surface area contributed by atoms with Crippen LogP contribution in [0.2, 0.25) is 0 Å². The van der Waals surface area contributed by atoms with Crippen LogP contribution < -0.4 is 5.32 Å². The summed E-state index contributed by atoms with van der Waals surface area (Å²) in [6.07, 6.45) is 1.99. The maximum absolute atomic E-state index is 4.61. The van der Waals surface area contributed by atoms with Gasteiger partial charge in [-0.05, 0) is 12.5 Å². The van der Waals surface area contributed by atoms with E-state index in [4.69, 9.17) is 0 Å². The Kier molecular flexibility index (Phi) is 5.25. The Morgan fingerprint density at radius 1 is 1.25 bits per heavy atom. The first-order chi connectivity index (χ1) is 9.54. The van der Waals surface area contributed by atoms with Gasteiger partial charge in [-0.2, -0.15) is 0 Å². The van der Waals surface area contributed by atoms with Crippen molar-refractivity contribution < 1.29 is 0 Å². The average molecular weight is 293 g/mol. The molecule has 2 rings (SSSR count). The first-order valence-corrected chi connectivity index (χ1v) is 7.96. The maximum atomic E-state index is 4.61. The summed E-state index contributed by atoms with van der Waals surface area (Å²) in [4.78, 5) is 4.61. The summed E-state index contributed by atoms with van der Waals surface area (Å²) in [6.45, 7) is 11.2. The van der Waals surface area contributed by atoms with Gasteiger partial charge in [-0.3, -0.25) is 0 Å². The van der Waals surface area contributed by atoms with Crippen LogP contribution in [0.15, 0.2) is 11.6 Å². The van der Waals surface area contributed by atoms with Gasteiger partial charge in [0.2, 0.25) is 0 Å². The molecule has 0 aromatic carbocycles. The summed E-state index contributed by atoms with van der Waals surface area (Å²) in [6, 6.07) is 0. The topological polar surface area (TPSA) is 55.6 Å². The largest absolute Gasteiger partial charge is 0.311 e. The molecule has 0 bridgehead atoms. The fourth-order valence-electron chi connectivity index (χ4n) is 1.81. The number of nitrogens with zero attached hydrogens (tertiary/aromatic N) is 4. The molecule has 0 saturated carbocycles. The summed E-state index contributed by atoms with van der Waals surface area (Å²) in [5.74, 6) is 1.13. The van der Waals surface area contributed by atoms with Crippen LogP contribution in [-0.2, 0) is 13.1 Å². The fraction of sp³-hybridized carbons (Fsp3) is 0.643. The smallest absolute Gasteiger partial charge is 0.0964 e. The second kappa shape index (κ2) is 6.95. The zero-order chi connectivity index (χ0) is 14.5. The molecule has 5 nitrogen and oxygen atoms in total. The lowest BCUT2D eigenvalue weighted by Crippen LogP contribution is -2.19. The number of hydrogen-bond acceptors (Lipinski definition) is 5. The molecular weight excluding hydrogens is 270 g/mol. The van der Waals surface area contributed by atoms with Crippen molar-refractivity contribution in [3.63, 3.8) is 0 Å². The lowest BCUT2D eigenvalue weighted by atomic mass is 10.2. The molecule has 0 aliphatic carbocycles. The number of aromatic nitrogens is 4. The highest BCUT2D eigenvalue weighted by Gasteiger charge is 2.07. The summed E-state index contributed by atoms with van der Waals surface area (Å²) in [5, 5.41) is 15.0. The first kappa shape index (κ1) is 15.1. The third-order valence-electron chi connectivity index (χ3n) is 2.83. The van der Waals surface area contributed by atoms with Crippen LogP contribution >= 0.6 is 11.3 Å². The van der Waals surface area contributed by atoms with Crippen LogP contribution in [-0.4, -0.2) is 26.5 Å². The van der Waals surface area contributed by atoms with E-state index in [1.54, 1.807) is 11.3 Å². The van der Waals surface area contributed by atoms with Gasteiger partial charge < -0.3 is 5.32 Å². The van der Waals surface area contributed by atoms with E-state index in [9.17, 15) is 0 Å². The summed E-state index contributed by atoms with van der Waals surface area (Å²) in [5.41, 5.74) is 2.04. The van der Waals surface area contributed by atoms with Gasteiger partial charge in [0.05, 0.1) is 29.1 Å². The number of nitrogens with one attached hydrogen (secondary N) is 1. The first-order valence-electron chi connectivity index (χ1n) is 7.08. The van der Waals surface area contributed by atoms with Gasteiger partial charge in [-0.1, -0.05) is 32.9 Å². The molecule has 0 atom stereocenters. The molecule has 6 heteroatoms. The highest BCUT2D eigenvalue weighted by Crippen LogP contribution is 2.19. The van der Waals surface area contributed by atoms with Gasteiger partial charge in [0.1, 0.15) is 0 Å². The van der Waals surface area contributed by atoms with Gasteiger partial charge in [0, 0.05) is 17.8 Å². The predicted octanol–water partition coefficient (Wildman–Crippen LogP) is 2.65. The molecular formula is C14H23N5S. The monoisotopic (exact) mass is 293 g/mol. The molecule has 0 aliphatic heterocycles. The normalized spacial score (nSPS) is 11.7. The van der Waals surface area contributed by atoms with Gasteiger partial charge >= 0.3 is 0 Å².